The standard InChI is InChI=1S/C9H18FN/c1-6-4-3-5-8(6)9(10)7(2)11/h6-9H,3-5,11H2,1-2H3/t6?,7-,8+,9?/m0/s1. The predicted octanol–water partition coefficient (Wildman–Crippen LogP) is 2.11. The van der Waals surface area contributed by atoms with Gasteiger partial charge in [-0.25, -0.2) is 4.39 Å². The molecule has 1 aliphatic carbocycles. The molecule has 0 saturated heterocycles. The molecule has 0 aromatic rings. The molecule has 4 atom stereocenters. The molecule has 66 valence electrons. The third-order valence-corrected chi connectivity index (χ3v) is 2.84. The van der Waals surface area contributed by atoms with E-state index in [0.29, 0.717) is 5.92 Å². The van der Waals surface area contributed by atoms with Crippen molar-refractivity contribution in [3.63, 3.8) is 0 Å². The Kier molecular flexibility index (Phi) is 2.88. The number of alkyl halides is 1. The van der Waals surface area contributed by atoms with Crippen LogP contribution in [0.15, 0.2) is 0 Å². The molecule has 0 amide bonds. The van der Waals surface area contributed by atoms with E-state index in [1.54, 1.807) is 6.92 Å². The quantitative estimate of drug-likeness (QED) is 0.656. The summed E-state index contributed by atoms with van der Waals surface area (Å²) in [5.74, 6) is 0.769. The van der Waals surface area contributed by atoms with E-state index in [1.807, 2.05) is 0 Å². The number of hydrogen-bond acceptors (Lipinski definition) is 1. The first kappa shape index (κ1) is 8.98. The van der Waals surface area contributed by atoms with Gasteiger partial charge in [0, 0.05) is 6.04 Å². The first-order valence-electron chi connectivity index (χ1n) is 4.52. The summed E-state index contributed by atoms with van der Waals surface area (Å²) in [6.45, 7) is 3.89. The van der Waals surface area contributed by atoms with Crippen LogP contribution in [0.25, 0.3) is 0 Å². The first-order chi connectivity index (χ1) is 5.13. The largest absolute Gasteiger partial charge is 0.325 e. The topological polar surface area (TPSA) is 26.0 Å². The summed E-state index contributed by atoms with van der Waals surface area (Å²) in [6, 6.07) is -0.291. The zero-order valence-electron chi connectivity index (χ0n) is 7.39. The van der Waals surface area contributed by atoms with E-state index in [1.165, 1.54) is 12.8 Å². The monoisotopic (exact) mass is 159 g/mol. The van der Waals surface area contributed by atoms with Gasteiger partial charge in [0.15, 0.2) is 0 Å². The van der Waals surface area contributed by atoms with Gasteiger partial charge < -0.3 is 5.73 Å². The van der Waals surface area contributed by atoms with E-state index >= 15 is 0 Å². The molecule has 0 aliphatic heterocycles. The van der Waals surface area contributed by atoms with Crippen LogP contribution in [0.3, 0.4) is 0 Å². The van der Waals surface area contributed by atoms with Crippen LogP contribution in [0.5, 0.6) is 0 Å². The van der Waals surface area contributed by atoms with Crippen molar-refractivity contribution >= 4 is 0 Å². The van der Waals surface area contributed by atoms with Gasteiger partial charge in [-0.2, -0.15) is 0 Å². The molecule has 2 unspecified atom stereocenters. The van der Waals surface area contributed by atoms with Crippen LogP contribution in [0, 0.1) is 11.8 Å². The molecule has 0 radical (unpaired) electrons. The van der Waals surface area contributed by atoms with Gasteiger partial charge in [0.05, 0.1) is 0 Å². The minimum Gasteiger partial charge on any atom is -0.325 e. The van der Waals surface area contributed by atoms with E-state index < -0.39 is 6.17 Å². The van der Waals surface area contributed by atoms with Gasteiger partial charge >= 0.3 is 0 Å². The molecule has 1 nitrogen and oxygen atoms in total. The van der Waals surface area contributed by atoms with Crippen LogP contribution in [0.2, 0.25) is 0 Å². The lowest BCUT2D eigenvalue weighted by Gasteiger charge is -2.22. The normalized spacial score (nSPS) is 37.1. The second-order valence-electron chi connectivity index (χ2n) is 3.88. The molecular weight excluding hydrogens is 141 g/mol. The summed E-state index contributed by atoms with van der Waals surface area (Å²) >= 11 is 0. The second-order valence-corrected chi connectivity index (χ2v) is 3.88. The molecule has 2 N–H and O–H groups in total. The van der Waals surface area contributed by atoms with Gasteiger partial charge in [-0.15, -0.1) is 0 Å². The molecule has 0 aromatic heterocycles. The summed E-state index contributed by atoms with van der Waals surface area (Å²) in [4.78, 5) is 0. The Labute approximate surface area is 68.2 Å². The fourth-order valence-electron chi connectivity index (χ4n) is 2.04. The Bertz CT molecular complexity index is 125. The molecular formula is C9H18FN. The molecule has 0 heterocycles. The van der Waals surface area contributed by atoms with Gasteiger partial charge in [0.1, 0.15) is 6.17 Å². The fourth-order valence-corrected chi connectivity index (χ4v) is 2.04. The van der Waals surface area contributed by atoms with Gasteiger partial charge in [-0.3, -0.25) is 0 Å². The van der Waals surface area contributed by atoms with Gasteiger partial charge in [0.2, 0.25) is 0 Å². The smallest absolute Gasteiger partial charge is 0.118 e. The van der Waals surface area contributed by atoms with Crippen LogP contribution in [-0.2, 0) is 0 Å². The molecule has 0 aromatic carbocycles. The van der Waals surface area contributed by atoms with Gasteiger partial charge in [-0.1, -0.05) is 19.8 Å². The Morgan fingerprint density at radius 1 is 1.45 bits per heavy atom. The zero-order valence-corrected chi connectivity index (χ0v) is 7.39. The average molecular weight is 159 g/mol. The summed E-state index contributed by atoms with van der Waals surface area (Å²) in [7, 11) is 0. The molecule has 11 heavy (non-hydrogen) atoms. The van der Waals surface area contributed by atoms with Gasteiger partial charge in [-0.05, 0) is 25.2 Å². The molecule has 0 spiro atoms. The zero-order chi connectivity index (χ0) is 8.43. The van der Waals surface area contributed by atoms with E-state index in [4.69, 9.17) is 5.73 Å². The maximum Gasteiger partial charge on any atom is 0.118 e. The lowest BCUT2D eigenvalue weighted by Crippen LogP contribution is -2.35. The third-order valence-electron chi connectivity index (χ3n) is 2.84. The highest BCUT2D eigenvalue weighted by Crippen LogP contribution is 2.35. The Morgan fingerprint density at radius 2 is 2.09 bits per heavy atom. The minimum absolute atomic E-state index is 0.231. The predicted molar refractivity (Wildman–Crippen MR) is 45.1 cm³/mol. The second kappa shape index (κ2) is 3.53. The van der Waals surface area contributed by atoms with Crippen LogP contribution in [0.1, 0.15) is 33.1 Å². The highest BCUT2D eigenvalue weighted by molar-refractivity contribution is 4.84. The fraction of sp³-hybridized carbons (Fsp3) is 1.00. The first-order valence-corrected chi connectivity index (χ1v) is 4.52. The Morgan fingerprint density at radius 3 is 2.45 bits per heavy atom. The van der Waals surface area contributed by atoms with E-state index in [2.05, 4.69) is 6.92 Å². The number of rotatable bonds is 2. The number of nitrogens with two attached hydrogens (primary N) is 1. The lowest BCUT2D eigenvalue weighted by atomic mass is 9.90. The van der Waals surface area contributed by atoms with Crippen molar-refractivity contribution in [2.75, 3.05) is 0 Å². The van der Waals surface area contributed by atoms with Crippen molar-refractivity contribution in [2.24, 2.45) is 17.6 Å². The van der Waals surface area contributed by atoms with Crippen molar-refractivity contribution in [3.8, 4) is 0 Å². The van der Waals surface area contributed by atoms with Crippen molar-refractivity contribution in [2.45, 2.75) is 45.3 Å². The van der Waals surface area contributed by atoms with Crippen molar-refractivity contribution in [1.29, 1.82) is 0 Å². The molecule has 1 aliphatic rings. The van der Waals surface area contributed by atoms with E-state index in [0.717, 1.165) is 6.42 Å². The Balaban J connectivity index is 2.45. The number of halogens is 1. The average Bonchev–Trinajstić information content (AvgIpc) is 2.33. The van der Waals surface area contributed by atoms with Crippen LogP contribution in [-0.4, -0.2) is 12.2 Å². The van der Waals surface area contributed by atoms with E-state index in [9.17, 15) is 4.39 Å². The van der Waals surface area contributed by atoms with E-state index in [-0.39, 0.29) is 12.0 Å². The molecule has 2 heteroatoms. The van der Waals surface area contributed by atoms with Crippen LogP contribution < -0.4 is 5.73 Å². The Hall–Kier alpha value is -0.110. The summed E-state index contributed by atoms with van der Waals surface area (Å²) < 4.78 is 13.4. The maximum absolute atomic E-state index is 13.4. The summed E-state index contributed by atoms with van der Waals surface area (Å²) in [5, 5.41) is 0. The maximum atomic E-state index is 13.4. The SMILES string of the molecule is CC1CCC[C@H]1C(F)[C@H](C)N. The van der Waals surface area contributed by atoms with Gasteiger partial charge in [0.25, 0.3) is 0 Å². The van der Waals surface area contributed by atoms with Crippen molar-refractivity contribution in [3.05, 3.63) is 0 Å². The van der Waals surface area contributed by atoms with Crippen molar-refractivity contribution in [1.82, 2.24) is 0 Å². The minimum atomic E-state index is -0.785. The molecule has 0 bridgehead atoms. The molecule has 1 saturated carbocycles. The number of hydrogen-bond donors (Lipinski definition) is 1. The van der Waals surface area contributed by atoms with Crippen molar-refractivity contribution < 1.29 is 4.39 Å². The molecule has 1 fully saturated rings. The highest BCUT2D eigenvalue weighted by atomic mass is 19.1. The van der Waals surface area contributed by atoms with Crippen LogP contribution >= 0.6 is 0 Å². The summed E-state index contributed by atoms with van der Waals surface area (Å²) in [5.41, 5.74) is 5.50. The molecule has 1 rings (SSSR count). The third kappa shape index (κ3) is 1.92. The summed E-state index contributed by atoms with van der Waals surface area (Å²) in [6.07, 6.45) is 2.60. The highest BCUT2D eigenvalue weighted by Gasteiger charge is 2.32. The van der Waals surface area contributed by atoms with Crippen LogP contribution in [0.4, 0.5) is 4.39 Å². The lowest BCUT2D eigenvalue weighted by molar-refractivity contribution is 0.169.